The molecule has 0 unspecified atom stereocenters. The number of rotatable bonds is 6. The monoisotopic (exact) mass is 466 g/mol. The summed E-state index contributed by atoms with van der Waals surface area (Å²) < 4.78 is 30.3. The van der Waals surface area contributed by atoms with Crippen molar-refractivity contribution < 1.29 is 23.4 Å². The zero-order chi connectivity index (χ0) is 21.0. The molecular formula is C21H24BrFN2O4. The van der Waals surface area contributed by atoms with Gasteiger partial charge in [-0.3, -0.25) is 9.69 Å². The number of hydrogen-bond donors (Lipinski definition) is 0. The van der Waals surface area contributed by atoms with Gasteiger partial charge in [-0.25, -0.2) is 4.39 Å². The van der Waals surface area contributed by atoms with Crippen LogP contribution in [0.5, 0.6) is 17.2 Å². The average Bonchev–Trinajstić information content (AvgIpc) is 2.74. The van der Waals surface area contributed by atoms with E-state index in [0.717, 1.165) is 5.56 Å². The van der Waals surface area contributed by atoms with Crippen molar-refractivity contribution in [3.05, 3.63) is 51.7 Å². The van der Waals surface area contributed by atoms with Crippen molar-refractivity contribution in [3.63, 3.8) is 0 Å². The molecule has 0 saturated carbocycles. The molecule has 0 aromatic heterocycles. The van der Waals surface area contributed by atoms with Crippen LogP contribution in [-0.2, 0) is 6.54 Å². The molecule has 0 radical (unpaired) electrons. The summed E-state index contributed by atoms with van der Waals surface area (Å²) in [6, 6.07) is 7.94. The number of halogens is 2. The minimum atomic E-state index is -0.284. The van der Waals surface area contributed by atoms with Crippen LogP contribution in [0.4, 0.5) is 4.39 Å². The number of piperazine rings is 1. The van der Waals surface area contributed by atoms with Gasteiger partial charge in [0.1, 0.15) is 27.5 Å². The first-order valence-corrected chi connectivity index (χ1v) is 10.0. The van der Waals surface area contributed by atoms with E-state index >= 15 is 0 Å². The third kappa shape index (κ3) is 4.82. The lowest BCUT2D eigenvalue weighted by Crippen LogP contribution is -2.48. The maximum atomic E-state index is 13.6. The second-order valence-electron chi connectivity index (χ2n) is 6.72. The summed E-state index contributed by atoms with van der Waals surface area (Å²) in [7, 11) is 4.68. The van der Waals surface area contributed by atoms with Crippen molar-refractivity contribution in [1.29, 1.82) is 0 Å². The molecule has 2 aromatic carbocycles. The fourth-order valence-corrected chi connectivity index (χ4v) is 3.95. The molecule has 0 bridgehead atoms. The quantitative estimate of drug-likeness (QED) is 0.651. The summed E-state index contributed by atoms with van der Waals surface area (Å²) in [5.41, 5.74) is 1.32. The van der Waals surface area contributed by atoms with Gasteiger partial charge in [0.05, 0.1) is 21.3 Å². The zero-order valence-electron chi connectivity index (χ0n) is 16.7. The van der Waals surface area contributed by atoms with Gasteiger partial charge in [-0.1, -0.05) is 0 Å². The normalized spacial score (nSPS) is 14.6. The van der Waals surface area contributed by atoms with E-state index in [0.29, 0.717) is 60.0 Å². The van der Waals surface area contributed by atoms with Crippen LogP contribution in [0.25, 0.3) is 0 Å². The Morgan fingerprint density at radius 2 is 1.55 bits per heavy atom. The van der Waals surface area contributed by atoms with Crippen molar-refractivity contribution >= 4 is 21.8 Å². The Bertz CT molecular complexity index is 860. The number of benzene rings is 2. The van der Waals surface area contributed by atoms with Gasteiger partial charge >= 0.3 is 0 Å². The Morgan fingerprint density at radius 1 is 0.966 bits per heavy atom. The highest BCUT2D eigenvalue weighted by molar-refractivity contribution is 9.10. The van der Waals surface area contributed by atoms with Gasteiger partial charge in [-0.15, -0.1) is 0 Å². The van der Waals surface area contributed by atoms with Crippen LogP contribution in [-0.4, -0.2) is 63.2 Å². The number of carbonyl (C=O) groups excluding carboxylic acids is 1. The van der Waals surface area contributed by atoms with E-state index in [1.54, 1.807) is 44.4 Å². The van der Waals surface area contributed by atoms with Crippen molar-refractivity contribution in [2.75, 3.05) is 47.5 Å². The average molecular weight is 467 g/mol. The molecular weight excluding hydrogens is 443 g/mol. The largest absolute Gasteiger partial charge is 0.496 e. The molecule has 2 aromatic rings. The molecule has 1 amide bonds. The smallest absolute Gasteiger partial charge is 0.254 e. The predicted molar refractivity (Wildman–Crippen MR) is 111 cm³/mol. The number of hydrogen-bond acceptors (Lipinski definition) is 5. The first kappa shape index (κ1) is 21.4. The first-order chi connectivity index (χ1) is 14.0. The Balaban J connectivity index is 1.67. The summed E-state index contributed by atoms with van der Waals surface area (Å²) >= 11 is 3.42. The fourth-order valence-electron chi connectivity index (χ4n) is 3.40. The van der Waals surface area contributed by atoms with Crippen LogP contribution in [0.1, 0.15) is 15.9 Å². The molecule has 156 valence electrons. The number of amides is 1. The maximum Gasteiger partial charge on any atom is 0.254 e. The minimum Gasteiger partial charge on any atom is -0.496 e. The molecule has 6 nitrogen and oxygen atoms in total. The minimum absolute atomic E-state index is 0.0721. The van der Waals surface area contributed by atoms with Crippen molar-refractivity contribution in [2.45, 2.75) is 6.54 Å². The molecule has 0 N–H and O–H groups in total. The van der Waals surface area contributed by atoms with Gasteiger partial charge in [0.15, 0.2) is 0 Å². The van der Waals surface area contributed by atoms with Crippen LogP contribution in [0, 0.1) is 5.82 Å². The SMILES string of the molecule is COc1ccc(F)cc1CN1CCN(C(=O)c2cc(OC)c(Br)c(OC)c2)CC1. The molecule has 29 heavy (non-hydrogen) atoms. The van der Waals surface area contributed by atoms with Crippen LogP contribution >= 0.6 is 15.9 Å². The summed E-state index contributed by atoms with van der Waals surface area (Å²) in [6.45, 7) is 3.11. The van der Waals surface area contributed by atoms with Gasteiger partial charge in [0.2, 0.25) is 0 Å². The molecule has 1 fully saturated rings. The number of nitrogens with zero attached hydrogens (tertiary/aromatic N) is 2. The van der Waals surface area contributed by atoms with E-state index in [9.17, 15) is 9.18 Å². The Kier molecular flexibility index (Phi) is 6.97. The summed E-state index contributed by atoms with van der Waals surface area (Å²) in [6.07, 6.45) is 0. The van der Waals surface area contributed by atoms with Gasteiger partial charge in [-0.2, -0.15) is 0 Å². The van der Waals surface area contributed by atoms with Crippen molar-refractivity contribution in [1.82, 2.24) is 9.80 Å². The second kappa shape index (κ2) is 9.45. The maximum absolute atomic E-state index is 13.6. The van der Waals surface area contributed by atoms with Crippen LogP contribution in [0.2, 0.25) is 0 Å². The van der Waals surface area contributed by atoms with E-state index in [4.69, 9.17) is 14.2 Å². The molecule has 3 rings (SSSR count). The van der Waals surface area contributed by atoms with Crippen molar-refractivity contribution in [3.8, 4) is 17.2 Å². The lowest BCUT2D eigenvalue weighted by Gasteiger charge is -2.35. The third-order valence-corrected chi connectivity index (χ3v) is 5.77. The topological polar surface area (TPSA) is 51.2 Å². The highest BCUT2D eigenvalue weighted by atomic mass is 79.9. The molecule has 0 spiro atoms. The molecule has 0 atom stereocenters. The fraction of sp³-hybridized carbons (Fsp3) is 0.381. The molecule has 1 aliphatic rings. The lowest BCUT2D eigenvalue weighted by molar-refractivity contribution is 0.0626. The second-order valence-corrected chi connectivity index (χ2v) is 7.51. The molecule has 1 saturated heterocycles. The number of carbonyl (C=O) groups is 1. The van der Waals surface area contributed by atoms with Gasteiger partial charge in [0, 0.05) is 43.9 Å². The Labute approximate surface area is 178 Å². The Hall–Kier alpha value is -2.32. The zero-order valence-corrected chi connectivity index (χ0v) is 18.3. The Morgan fingerprint density at radius 3 is 2.10 bits per heavy atom. The van der Waals surface area contributed by atoms with Crippen LogP contribution in [0.3, 0.4) is 0 Å². The predicted octanol–water partition coefficient (Wildman–Crippen LogP) is 3.57. The first-order valence-electron chi connectivity index (χ1n) is 9.22. The highest BCUT2D eigenvalue weighted by Crippen LogP contribution is 2.36. The van der Waals surface area contributed by atoms with Gasteiger partial charge < -0.3 is 19.1 Å². The van der Waals surface area contributed by atoms with E-state index in [2.05, 4.69) is 20.8 Å². The van der Waals surface area contributed by atoms with E-state index in [-0.39, 0.29) is 11.7 Å². The number of ether oxygens (including phenoxy) is 3. The van der Waals surface area contributed by atoms with Crippen molar-refractivity contribution in [2.24, 2.45) is 0 Å². The number of methoxy groups -OCH3 is 3. The molecule has 1 aliphatic heterocycles. The van der Waals surface area contributed by atoms with Gasteiger partial charge in [-0.05, 0) is 46.3 Å². The van der Waals surface area contributed by atoms with Crippen LogP contribution in [0.15, 0.2) is 34.8 Å². The standard InChI is InChI=1S/C21H24BrFN2O4/c1-27-17-5-4-16(23)10-15(17)13-24-6-8-25(9-7-24)21(26)14-11-18(28-2)20(22)19(12-14)29-3/h4-5,10-12H,6-9,13H2,1-3H3. The van der Waals surface area contributed by atoms with Crippen LogP contribution < -0.4 is 14.2 Å². The summed E-state index contributed by atoms with van der Waals surface area (Å²) in [4.78, 5) is 17.0. The molecule has 1 heterocycles. The highest BCUT2D eigenvalue weighted by Gasteiger charge is 2.24. The third-order valence-electron chi connectivity index (χ3n) is 4.99. The van der Waals surface area contributed by atoms with E-state index in [1.165, 1.54) is 12.1 Å². The lowest BCUT2D eigenvalue weighted by atomic mass is 10.1. The van der Waals surface area contributed by atoms with E-state index < -0.39 is 0 Å². The molecule has 8 heteroatoms. The van der Waals surface area contributed by atoms with Gasteiger partial charge in [0.25, 0.3) is 5.91 Å². The summed E-state index contributed by atoms with van der Waals surface area (Å²) in [5.74, 6) is 1.40. The summed E-state index contributed by atoms with van der Waals surface area (Å²) in [5, 5.41) is 0. The molecule has 0 aliphatic carbocycles. The van der Waals surface area contributed by atoms with E-state index in [1.807, 2.05) is 0 Å².